The van der Waals surface area contributed by atoms with E-state index in [0.717, 1.165) is 26.1 Å². The first-order chi connectivity index (χ1) is 11.2. The summed E-state index contributed by atoms with van der Waals surface area (Å²) in [7, 11) is 0. The molecule has 1 unspecified atom stereocenters. The average molecular weight is 328 g/mol. The SMILES string of the molecule is CCOCCCCCCCCCCCCC=CCC(O)C(=O)O. The lowest BCUT2D eigenvalue weighted by molar-refractivity contribution is -0.146. The zero-order valence-corrected chi connectivity index (χ0v) is 14.8. The van der Waals surface area contributed by atoms with Crippen LogP contribution in [0.5, 0.6) is 0 Å². The van der Waals surface area contributed by atoms with E-state index in [2.05, 4.69) is 0 Å². The van der Waals surface area contributed by atoms with Gasteiger partial charge >= 0.3 is 5.97 Å². The molecule has 4 nitrogen and oxygen atoms in total. The largest absolute Gasteiger partial charge is 0.479 e. The van der Waals surface area contributed by atoms with Crippen LogP contribution in [-0.4, -0.2) is 35.5 Å². The molecule has 0 rings (SSSR count). The van der Waals surface area contributed by atoms with Crippen molar-refractivity contribution in [2.45, 2.75) is 90.1 Å². The minimum absolute atomic E-state index is 0.208. The average Bonchev–Trinajstić information content (AvgIpc) is 2.54. The van der Waals surface area contributed by atoms with E-state index in [-0.39, 0.29) is 6.42 Å². The van der Waals surface area contributed by atoms with E-state index in [1.807, 2.05) is 13.0 Å². The summed E-state index contributed by atoms with van der Waals surface area (Å²) in [6.45, 7) is 3.79. The van der Waals surface area contributed by atoms with Crippen LogP contribution in [0.4, 0.5) is 0 Å². The molecule has 0 aliphatic rings. The third-order valence-corrected chi connectivity index (χ3v) is 3.92. The number of aliphatic hydroxyl groups excluding tert-OH is 1. The molecule has 0 aliphatic heterocycles. The number of carboxylic acids is 1. The van der Waals surface area contributed by atoms with E-state index < -0.39 is 12.1 Å². The van der Waals surface area contributed by atoms with Crippen molar-refractivity contribution in [3.63, 3.8) is 0 Å². The fourth-order valence-electron chi connectivity index (χ4n) is 2.47. The van der Waals surface area contributed by atoms with Crippen molar-refractivity contribution < 1.29 is 19.7 Å². The van der Waals surface area contributed by atoms with E-state index in [1.54, 1.807) is 6.08 Å². The molecule has 0 heterocycles. The highest BCUT2D eigenvalue weighted by Crippen LogP contribution is 2.11. The van der Waals surface area contributed by atoms with Crippen LogP contribution in [0.2, 0.25) is 0 Å². The van der Waals surface area contributed by atoms with Gasteiger partial charge in [-0.2, -0.15) is 0 Å². The van der Waals surface area contributed by atoms with Crippen LogP contribution in [-0.2, 0) is 9.53 Å². The Bertz CT molecular complexity index is 289. The predicted molar refractivity (Wildman–Crippen MR) is 94.7 cm³/mol. The Labute approximate surface area is 141 Å². The second-order valence-corrected chi connectivity index (χ2v) is 6.08. The van der Waals surface area contributed by atoms with Gasteiger partial charge in [-0.3, -0.25) is 0 Å². The Morgan fingerprint density at radius 1 is 0.913 bits per heavy atom. The molecular formula is C19H36O4. The number of ether oxygens (including phenoxy) is 1. The van der Waals surface area contributed by atoms with Crippen molar-refractivity contribution in [1.82, 2.24) is 0 Å². The topological polar surface area (TPSA) is 66.8 Å². The summed E-state index contributed by atoms with van der Waals surface area (Å²) < 4.78 is 5.32. The molecule has 2 N–H and O–H groups in total. The van der Waals surface area contributed by atoms with Gasteiger partial charge in [0.1, 0.15) is 0 Å². The van der Waals surface area contributed by atoms with Crippen LogP contribution in [0.1, 0.15) is 84.0 Å². The molecular weight excluding hydrogens is 292 g/mol. The number of carbonyl (C=O) groups is 1. The summed E-state index contributed by atoms with van der Waals surface area (Å²) in [4.78, 5) is 10.4. The zero-order chi connectivity index (χ0) is 17.2. The quantitative estimate of drug-likeness (QED) is 0.300. The summed E-state index contributed by atoms with van der Waals surface area (Å²) in [6, 6.07) is 0. The first kappa shape index (κ1) is 22.1. The Kier molecular flexibility index (Phi) is 16.8. The van der Waals surface area contributed by atoms with Gasteiger partial charge in [0.05, 0.1) is 0 Å². The molecule has 136 valence electrons. The van der Waals surface area contributed by atoms with E-state index in [0.29, 0.717) is 0 Å². The van der Waals surface area contributed by atoms with Crippen molar-refractivity contribution in [2.75, 3.05) is 13.2 Å². The van der Waals surface area contributed by atoms with Crippen LogP contribution in [0.15, 0.2) is 12.2 Å². The second-order valence-electron chi connectivity index (χ2n) is 6.08. The molecule has 4 heteroatoms. The Morgan fingerprint density at radius 2 is 1.43 bits per heavy atom. The van der Waals surface area contributed by atoms with Gasteiger partial charge in [-0.1, -0.05) is 63.5 Å². The monoisotopic (exact) mass is 328 g/mol. The van der Waals surface area contributed by atoms with Crippen molar-refractivity contribution >= 4 is 5.97 Å². The van der Waals surface area contributed by atoms with E-state index in [9.17, 15) is 4.79 Å². The van der Waals surface area contributed by atoms with Gasteiger partial charge in [0.2, 0.25) is 0 Å². The van der Waals surface area contributed by atoms with Gasteiger partial charge in [-0.05, 0) is 26.2 Å². The normalized spacial score (nSPS) is 12.8. The molecule has 0 amide bonds. The minimum Gasteiger partial charge on any atom is -0.479 e. The maximum atomic E-state index is 10.4. The lowest BCUT2D eigenvalue weighted by Gasteiger charge is -2.03. The summed E-state index contributed by atoms with van der Waals surface area (Å²) >= 11 is 0. The highest BCUT2D eigenvalue weighted by atomic mass is 16.5. The zero-order valence-electron chi connectivity index (χ0n) is 14.8. The molecule has 0 saturated carbocycles. The number of rotatable bonds is 17. The Hall–Kier alpha value is -0.870. The van der Waals surface area contributed by atoms with E-state index in [4.69, 9.17) is 14.9 Å². The maximum Gasteiger partial charge on any atom is 0.332 e. The predicted octanol–water partition coefficient (Wildman–Crippen LogP) is 4.71. The highest BCUT2D eigenvalue weighted by Gasteiger charge is 2.09. The van der Waals surface area contributed by atoms with Gasteiger partial charge in [0, 0.05) is 19.6 Å². The highest BCUT2D eigenvalue weighted by molar-refractivity contribution is 5.72. The lowest BCUT2D eigenvalue weighted by atomic mass is 10.1. The van der Waals surface area contributed by atoms with Crippen LogP contribution in [0, 0.1) is 0 Å². The summed E-state index contributed by atoms with van der Waals surface area (Å²) in [6.07, 6.45) is 16.5. The molecule has 0 aromatic heterocycles. The van der Waals surface area contributed by atoms with Crippen molar-refractivity contribution in [1.29, 1.82) is 0 Å². The Morgan fingerprint density at radius 3 is 1.96 bits per heavy atom. The number of aliphatic hydroxyl groups is 1. The number of aliphatic carboxylic acids is 1. The van der Waals surface area contributed by atoms with Gasteiger partial charge in [0.25, 0.3) is 0 Å². The molecule has 1 atom stereocenters. The van der Waals surface area contributed by atoms with Gasteiger partial charge in [-0.15, -0.1) is 0 Å². The number of unbranched alkanes of at least 4 members (excludes halogenated alkanes) is 10. The molecule has 0 spiro atoms. The summed E-state index contributed by atoms with van der Waals surface area (Å²) in [5, 5.41) is 17.6. The fourth-order valence-corrected chi connectivity index (χ4v) is 2.47. The van der Waals surface area contributed by atoms with Gasteiger partial charge in [0.15, 0.2) is 6.10 Å². The van der Waals surface area contributed by atoms with Crippen LogP contribution < -0.4 is 0 Å². The Balaban J connectivity index is 3.13. The standard InChI is InChI=1S/C19H36O4/c1-2-23-17-15-13-11-9-7-5-3-4-6-8-10-12-14-16-18(20)19(21)22/h12,14,18,20H,2-11,13,15-17H2,1H3,(H,21,22). The van der Waals surface area contributed by atoms with Crippen molar-refractivity contribution in [3.8, 4) is 0 Å². The van der Waals surface area contributed by atoms with Crippen molar-refractivity contribution in [2.24, 2.45) is 0 Å². The smallest absolute Gasteiger partial charge is 0.332 e. The third-order valence-electron chi connectivity index (χ3n) is 3.92. The summed E-state index contributed by atoms with van der Waals surface area (Å²) in [5.41, 5.74) is 0. The van der Waals surface area contributed by atoms with Crippen molar-refractivity contribution in [3.05, 3.63) is 12.2 Å². The number of hydrogen-bond acceptors (Lipinski definition) is 3. The summed E-state index contributed by atoms with van der Waals surface area (Å²) in [5.74, 6) is -1.15. The van der Waals surface area contributed by atoms with Gasteiger partial charge in [-0.25, -0.2) is 4.79 Å². The molecule has 0 bridgehead atoms. The minimum atomic E-state index is -1.26. The van der Waals surface area contributed by atoms with Crippen LogP contribution in [0.3, 0.4) is 0 Å². The van der Waals surface area contributed by atoms with E-state index in [1.165, 1.54) is 57.8 Å². The number of allylic oxidation sites excluding steroid dienone is 1. The third kappa shape index (κ3) is 17.3. The number of hydrogen-bond donors (Lipinski definition) is 2. The maximum absolute atomic E-state index is 10.4. The molecule has 0 saturated heterocycles. The first-order valence-electron chi connectivity index (χ1n) is 9.32. The first-order valence-corrected chi connectivity index (χ1v) is 9.32. The van der Waals surface area contributed by atoms with E-state index >= 15 is 0 Å². The van der Waals surface area contributed by atoms with Gasteiger partial charge < -0.3 is 14.9 Å². The lowest BCUT2D eigenvalue weighted by Crippen LogP contribution is -2.17. The molecule has 0 aromatic rings. The molecule has 0 aromatic carbocycles. The fraction of sp³-hybridized carbons (Fsp3) is 0.842. The van der Waals surface area contributed by atoms with Crippen LogP contribution in [0.25, 0.3) is 0 Å². The molecule has 0 aliphatic carbocycles. The van der Waals surface area contributed by atoms with Crippen LogP contribution >= 0.6 is 0 Å². The number of carboxylic acid groups (broad SMARTS) is 1. The molecule has 0 radical (unpaired) electrons. The molecule has 0 fully saturated rings. The second kappa shape index (κ2) is 17.5. The molecule has 23 heavy (non-hydrogen) atoms.